The predicted octanol–water partition coefficient (Wildman–Crippen LogP) is 6.47. The number of hydrogen-bond acceptors (Lipinski definition) is 4. The van der Waals surface area contributed by atoms with Crippen LogP contribution in [0, 0.1) is 13.8 Å². The summed E-state index contributed by atoms with van der Waals surface area (Å²) in [6, 6.07) is 10.2. The van der Waals surface area contributed by atoms with Gasteiger partial charge in [0.15, 0.2) is 0 Å². The Morgan fingerprint density at radius 1 is 0.875 bits per heavy atom. The van der Waals surface area contributed by atoms with Crippen molar-refractivity contribution in [2.24, 2.45) is 0 Å². The number of aromatic nitrogens is 2. The van der Waals surface area contributed by atoms with Gasteiger partial charge in [0.1, 0.15) is 17.7 Å². The third-order valence-electron chi connectivity index (χ3n) is 5.68. The summed E-state index contributed by atoms with van der Waals surface area (Å²) in [4.78, 5) is 10.2. The average Bonchev–Trinajstić information content (AvgIpc) is 2.78. The maximum absolute atomic E-state index is 13.7. The van der Waals surface area contributed by atoms with Crippen molar-refractivity contribution in [3.8, 4) is 34.0 Å². The van der Waals surface area contributed by atoms with Gasteiger partial charge in [-0.2, -0.15) is 0 Å². The summed E-state index contributed by atoms with van der Waals surface area (Å²) in [6.45, 7) is 9.91. The second-order valence-corrected chi connectivity index (χ2v) is 8.20. The zero-order valence-corrected chi connectivity index (χ0v) is 20.2. The first-order valence-corrected chi connectivity index (χ1v) is 11.2. The number of hydrogen-bond donors (Lipinski definition) is 0. The molecule has 0 spiro atoms. The second-order valence-electron chi connectivity index (χ2n) is 8.20. The van der Waals surface area contributed by atoms with Crippen LogP contribution in [0.4, 0.5) is 4.39 Å². The number of methoxy groups -OCH3 is 2. The molecule has 0 fully saturated rings. The molecule has 0 radical (unpaired) electrons. The molecular formula is C27H33FN2O2. The van der Waals surface area contributed by atoms with Crippen LogP contribution in [-0.2, 0) is 19.3 Å². The SMILES string of the molecule is CCc1nc(-c2c(OC)cc(CC(C)F)cc2OC)c(CC)nc1-c1cc(C)ccc1C. The Morgan fingerprint density at radius 2 is 1.44 bits per heavy atom. The third-order valence-corrected chi connectivity index (χ3v) is 5.68. The summed E-state index contributed by atoms with van der Waals surface area (Å²) in [5.41, 5.74) is 8.55. The molecule has 170 valence electrons. The Kier molecular flexibility index (Phi) is 7.49. The number of aryl methyl sites for hydroxylation is 4. The fraction of sp³-hybridized carbons (Fsp3) is 0.407. The second kappa shape index (κ2) is 10.1. The highest BCUT2D eigenvalue weighted by Gasteiger charge is 2.23. The van der Waals surface area contributed by atoms with Crippen LogP contribution in [0.5, 0.6) is 11.5 Å². The molecule has 0 saturated carbocycles. The number of benzene rings is 2. The number of alkyl halides is 1. The summed E-state index contributed by atoms with van der Waals surface area (Å²) in [5.74, 6) is 1.23. The number of nitrogens with zero attached hydrogens (tertiary/aromatic N) is 2. The van der Waals surface area contributed by atoms with Gasteiger partial charge in [-0.05, 0) is 62.9 Å². The third kappa shape index (κ3) is 4.77. The van der Waals surface area contributed by atoms with E-state index in [2.05, 4.69) is 45.9 Å². The maximum Gasteiger partial charge on any atom is 0.132 e. The molecule has 2 aromatic carbocycles. The molecule has 0 aliphatic heterocycles. The van der Waals surface area contributed by atoms with Crippen molar-refractivity contribution in [1.82, 2.24) is 9.97 Å². The highest BCUT2D eigenvalue weighted by atomic mass is 19.1. The standard InChI is InChI=1S/C27H33FN2O2/c1-8-21-26(20-12-16(3)10-11-17(20)4)29-22(9-2)27(30-21)25-23(31-6)14-19(13-18(5)28)15-24(25)32-7/h10-12,14-15,18H,8-9,13H2,1-7H3. The van der Waals surface area contributed by atoms with Crippen LogP contribution in [-0.4, -0.2) is 30.4 Å². The van der Waals surface area contributed by atoms with Crippen molar-refractivity contribution in [3.63, 3.8) is 0 Å². The first-order valence-electron chi connectivity index (χ1n) is 11.2. The highest BCUT2D eigenvalue weighted by Crippen LogP contribution is 2.41. The van der Waals surface area contributed by atoms with E-state index in [0.717, 1.165) is 45.9 Å². The van der Waals surface area contributed by atoms with Crippen LogP contribution in [0.25, 0.3) is 22.5 Å². The van der Waals surface area contributed by atoms with Crippen molar-refractivity contribution in [3.05, 3.63) is 58.4 Å². The molecule has 3 rings (SSSR count). The summed E-state index contributed by atoms with van der Waals surface area (Å²) >= 11 is 0. The number of ether oxygens (including phenoxy) is 2. The van der Waals surface area contributed by atoms with Gasteiger partial charge in [-0.25, -0.2) is 14.4 Å². The Morgan fingerprint density at radius 3 is 1.97 bits per heavy atom. The van der Waals surface area contributed by atoms with Gasteiger partial charge >= 0.3 is 0 Å². The van der Waals surface area contributed by atoms with Crippen LogP contribution in [0.2, 0.25) is 0 Å². The first-order chi connectivity index (χ1) is 15.3. The van der Waals surface area contributed by atoms with E-state index in [1.165, 1.54) is 11.1 Å². The number of halogens is 1. The molecule has 0 saturated heterocycles. The van der Waals surface area contributed by atoms with Crippen LogP contribution in [0.1, 0.15) is 48.8 Å². The van der Waals surface area contributed by atoms with Crippen molar-refractivity contribution >= 4 is 0 Å². The van der Waals surface area contributed by atoms with E-state index in [1.807, 2.05) is 12.1 Å². The number of rotatable bonds is 8. The minimum atomic E-state index is -0.954. The van der Waals surface area contributed by atoms with Gasteiger partial charge in [0.25, 0.3) is 0 Å². The minimum Gasteiger partial charge on any atom is -0.496 e. The van der Waals surface area contributed by atoms with Crippen molar-refractivity contribution < 1.29 is 13.9 Å². The van der Waals surface area contributed by atoms with E-state index < -0.39 is 6.17 Å². The highest BCUT2D eigenvalue weighted by molar-refractivity contribution is 5.78. The molecule has 32 heavy (non-hydrogen) atoms. The molecule has 1 unspecified atom stereocenters. The van der Waals surface area contributed by atoms with Gasteiger partial charge in [0, 0.05) is 12.0 Å². The van der Waals surface area contributed by atoms with Gasteiger partial charge in [-0.15, -0.1) is 0 Å². The smallest absolute Gasteiger partial charge is 0.132 e. The molecule has 0 aliphatic carbocycles. The molecule has 1 atom stereocenters. The first kappa shape index (κ1) is 23.7. The molecule has 1 heterocycles. The van der Waals surface area contributed by atoms with E-state index >= 15 is 0 Å². The van der Waals surface area contributed by atoms with Gasteiger partial charge in [-0.1, -0.05) is 31.5 Å². The van der Waals surface area contributed by atoms with Crippen molar-refractivity contribution in [2.45, 2.75) is 60.1 Å². The Bertz CT molecular complexity index is 1080. The summed E-state index contributed by atoms with van der Waals surface area (Å²) in [5, 5.41) is 0. The van der Waals surface area contributed by atoms with Gasteiger partial charge in [-0.3, -0.25) is 0 Å². The molecule has 0 N–H and O–H groups in total. The lowest BCUT2D eigenvalue weighted by Gasteiger charge is -2.19. The molecule has 4 nitrogen and oxygen atoms in total. The Balaban J connectivity index is 2.28. The summed E-state index contributed by atoms with van der Waals surface area (Å²) in [6.07, 6.45) is 0.796. The van der Waals surface area contributed by atoms with Crippen molar-refractivity contribution in [1.29, 1.82) is 0 Å². The van der Waals surface area contributed by atoms with Gasteiger partial charge < -0.3 is 9.47 Å². The average molecular weight is 437 g/mol. The van der Waals surface area contributed by atoms with E-state index in [-0.39, 0.29) is 0 Å². The molecule has 1 aromatic heterocycles. The molecule has 0 bridgehead atoms. The molecule has 3 aromatic rings. The van der Waals surface area contributed by atoms with Crippen LogP contribution in [0.3, 0.4) is 0 Å². The summed E-state index contributed by atoms with van der Waals surface area (Å²) in [7, 11) is 3.23. The monoisotopic (exact) mass is 436 g/mol. The van der Waals surface area contributed by atoms with Crippen LogP contribution < -0.4 is 9.47 Å². The lowest BCUT2D eigenvalue weighted by Crippen LogP contribution is -2.07. The van der Waals surface area contributed by atoms with Crippen LogP contribution in [0.15, 0.2) is 30.3 Å². The van der Waals surface area contributed by atoms with E-state index in [9.17, 15) is 4.39 Å². The lowest BCUT2D eigenvalue weighted by atomic mass is 9.97. The fourth-order valence-electron chi connectivity index (χ4n) is 4.05. The Labute approximate surface area is 190 Å². The van der Waals surface area contributed by atoms with Gasteiger partial charge in [0.2, 0.25) is 0 Å². The van der Waals surface area contributed by atoms with E-state index in [1.54, 1.807) is 21.1 Å². The maximum atomic E-state index is 13.7. The largest absolute Gasteiger partial charge is 0.496 e. The zero-order valence-electron chi connectivity index (χ0n) is 20.2. The molecular weight excluding hydrogens is 403 g/mol. The lowest BCUT2D eigenvalue weighted by molar-refractivity contribution is 0.357. The minimum absolute atomic E-state index is 0.297. The zero-order chi connectivity index (χ0) is 23.4. The normalized spacial score (nSPS) is 12.0. The summed E-state index contributed by atoms with van der Waals surface area (Å²) < 4.78 is 25.1. The van der Waals surface area contributed by atoms with Crippen LogP contribution >= 0.6 is 0 Å². The molecule has 0 amide bonds. The Hall–Kier alpha value is -2.95. The van der Waals surface area contributed by atoms with E-state index in [0.29, 0.717) is 24.3 Å². The van der Waals surface area contributed by atoms with E-state index in [4.69, 9.17) is 19.4 Å². The predicted molar refractivity (Wildman–Crippen MR) is 129 cm³/mol. The molecule has 5 heteroatoms. The van der Waals surface area contributed by atoms with Gasteiger partial charge in [0.05, 0.1) is 42.6 Å². The van der Waals surface area contributed by atoms with Crippen molar-refractivity contribution in [2.75, 3.05) is 14.2 Å². The topological polar surface area (TPSA) is 44.2 Å². The molecule has 0 aliphatic rings. The fourth-order valence-corrected chi connectivity index (χ4v) is 4.05. The quantitative estimate of drug-likeness (QED) is 0.406.